The van der Waals surface area contributed by atoms with Crippen LogP contribution < -0.4 is 10.6 Å². The molecule has 2 N–H and O–H groups in total. The summed E-state index contributed by atoms with van der Waals surface area (Å²) in [6.45, 7) is 8.63. The Labute approximate surface area is 199 Å². The number of hydrazone groups is 1. The van der Waals surface area contributed by atoms with E-state index in [-0.39, 0.29) is 17.9 Å². The lowest BCUT2D eigenvalue weighted by Gasteiger charge is -2.31. The molecule has 9 nitrogen and oxygen atoms in total. The van der Waals surface area contributed by atoms with E-state index in [0.717, 1.165) is 60.8 Å². The highest BCUT2D eigenvalue weighted by Crippen LogP contribution is 2.24. The Hall–Kier alpha value is -3.30. The first-order valence-corrected chi connectivity index (χ1v) is 12.0. The molecule has 5 rings (SSSR count). The average Bonchev–Trinajstić information content (AvgIpc) is 3.30. The summed E-state index contributed by atoms with van der Waals surface area (Å²) in [4.78, 5) is 33.6. The first-order chi connectivity index (χ1) is 16.6. The van der Waals surface area contributed by atoms with Gasteiger partial charge in [0.05, 0.1) is 12.3 Å². The number of urea groups is 1. The number of pyridine rings is 1. The predicted octanol–water partition coefficient (Wildman–Crippen LogP) is 2.11. The van der Waals surface area contributed by atoms with Gasteiger partial charge in [0, 0.05) is 76.2 Å². The van der Waals surface area contributed by atoms with Crippen molar-refractivity contribution in [1.82, 2.24) is 25.1 Å². The maximum absolute atomic E-state index is 12.7. The molecule has 0 unspecified atom stereocenters. The second-order valence-electron chi connectivity index (χ2n) is 9.21. The summed E-state index contributed by atoms with van der Waals surface area (Å²) in [5, 5.41) is 12.7. The van der Waals surface area contributed by atoms with E-state index in [4.69, 9.17) is 5.10 Å². The van der Waals surface area contributed by atoms with Gasteiger partial charge < -0.3 is 15.5 Å². The standard InChI is InChI=1S/C25H31N7O2/c1-18-14-23(33)32(13-12-30-10-8-26-9-11-30)29-24(18)19-2-4-22(5-3-19)28-25(34)31-16-20-6-7-27-15-21(20)17-31/h2-7,15,18,26H,8-14,16-17H2,1H3,(H,28,34)/t18-/m0/s1. The quantitative estimate of drug-likeness (QED) is 0.712. The minimum Gasteiger partial charge on any atom is -0.316 e. The summed E-state index contributed by atoms with van der Waals surface area (Å²) >= 11 is 0. The van der Waals surface area contributed by atoms with Gasteiger partial charge in [0.2, 0.25) is 5.91 Å². The van der Waals surface area contributed by atoms with Crippen molar-refractivity contribution in [1.29, 1.82) is 0 Å². The number of nitrogens with zero attached hydrogens (tertiary/aromatic N) is 5. The number of carbonyl (C=O) groups is 2. The molecule has 178 valence electrons. The number of benzene rings is 1. The van der Waals surface area contributed by atoms with Crippen molar-refractivity contribution in [2.24, 2.45) is 11.0 Å². The van der Waals surface area contributed by atoms with Crippen molar-refractivity contribution in [3.63, 3.8) is 0 Å². The van der Waals surface area contributed by atoms with E-state index in [0.29, 0.717) is 26.1 Å². The Kier molecular flexibility index (Phi) is 6.55. The van der Waals surface area contributed by atoms with Gasteiger partial charge in [-0.3, -0.25) is 14.7 Å². The van der Waals surface area contributed by atoms with Gasteiger partial charge in [-0.25, -0.2) is 9.80 Å². The van der Waals surface area contributed by atoms with Crippen molar-refractivity contribution >= 4 is 23.3 Å². The Balaban J connectivity index is 1.22. The number of piperazine rings is 1. The van der Waals surface area contributed by atoms with Crippen LogP contribution in [-0.4, -0.2) is 76.7 Å². The van der Waals surface area contributed by atoms with Gasteiger partial charge >= 0.3 is 6.03 Å². The third-order valence-electron chi connectivity index (χ3n) is 6.75. The predicted molar refractivity (Wildman–Crippen MR) is 130 cm³/mol. The summed E-state index contributed by atoms with van der Waals surface area (Å²) in [5.41, 5.74) is 4.86. The second-order valence-corrected chi connectivity index (χ2v) is 9.21. The summed E-state index contributed by atoms with van der Waals surface area (Å²) in [5.74, 6) is 0.136. The highest BCUT2D eigenvalue weighted by Gasteiger charge is 2.28. The third kappa shape index (κ3) is 4.95. The molecule has 0 saturated carbocycles. The van der Waals surface area contributed by atoms with E-state index >= 15 is 0 Å². The highest BCUT2D eigenvalue weighted by atomic mass is 16.2. The molecule has 1 aromatic heterocycles. The van der Waals surface area contributed by atoms with Crippen LogP contribution in [0.15, 0.2) is 47.8 Å². The fourth-order valence-corrected chi connectivity index (χ4v) is 4.73. The molecule has 4 heterocycles. The number of anilines is 1. The maximum Gasteiger partial charge on any atom is 0.322 e. The van der Waals surface area contributed by atoms with Crippen LogP contribution in [0.1, 0.15) is 30.0 Å². The van der Waals surface area contributed by atoms with Gasteiger partial charge in [-0.15, -0.1) is 0 Å². The van der Waals surface area contributed by atoms with Crippen LogP contribution in [0.3, 0.4) is 0 Å². The fourth-order valence-electron chi connectivity index (χ4n) is 4.73. The molecule has 1 atom stereocenters. The zero-order chi connectivity index (χ0) is 23.5. The molecule has 1 saturated heterocycles. The molecule has 9 heteroatoms. The smallest absolute Gasteiger partial charge is 0.316 e. The number of hydrogen-bond donors (Lipinski definition) is 2. The van der Waals surface area contributed by atoms with Crippen molar-refractivity contribution in [2.45, 2.75) is 26.4 Å². The van der Waals surface area contributed by atoms with E-state index in [9.17, 15) is 9.59 Å². The number of amides is 3. The molecule has 3 aliphatic rings. The lowest BCUT2D eigenvalue weighted by atomic mass is 9.93. The monoisotopic (exact) mass is 461 g/mol. The zero-order valence-electron chi connectivity index (χ0n) is 19.5. The molecule has 0 aliphatic carbocycles. The summed E-state index contributed by atoms with van der Waals surface area (Å²) in [6.07, 6.45) is 4.04. The van der Waals surface area contributed by atoms with Gasteiger partial charge in [-0.2, -0.15) is 5.10 Å². The Morgan fingerprint density at radius 2 is 1.85 bits per heavy atom. The number of hydrogen-bond acceptors (Lipinski definition) is 6. The topological polar surface area (TPSA) is 93.2 Å². The largest absolute Gasteiger partial charge is 0.322 e. The van der Waals surface area contributed by atoms with Gasteiger partial charge in [-0.05, 0) is 34.9 Å². The number of nitrogens with one attached hydrogen (secondary N) is 2. The minimum atomic E-state index is -0.128. The third-order valence-corrected chi connectivity index (χ3v) is 6.75. The van der Waals surface area contributed by atoms with E-state index in [1.54, 1.807) is 16.1 Å². The molecule has 3 amide bonds. The van der Waals surface area contributed by atoms with E-state index < -0.39 is 0 Å². The highest BCUT2D eigenvalue weighted by molar-refractivity contribution is 6.06. The number of aromatic nitrogens is 1. The van der Waals surface area contributed by atoms with Crippen LogP contribution >= 0.6 is 0 Å². The molecular formula is C25H31N7O2. The van der Waals surface area contributed by atoms with E-state index in [1.807, 2.05) is 43.5 Å². The normalized spacial score (nSPS) is 20.8. The van der Waals surface area contributed by atoms with Gasteiger partial charge in [0.15, 0.2) is 0 Å². The maximum atomic E-state index is 12.7. The molecule has 1 fully saturated rings. The first kappa shape index (κ1) is 22.5. The van der Waals surface area contributed by atoms with Crippen molar-refractivity contribution < 1.29 is 9.59 Å². The van der Waals surface area contributed by atoms with Gasteiger partial charge in [0.25, 0.3) is 0 Å². The Morgan fingerprint density at radius 3 is 2.62 bits per heavy atom. The zero-order valence-corrected chi connectivity index (χ0v) is 19.5. The van der Waals surface area contributed by atoms with Gasteiger partial charge in [-0.1, -0.05) is 19.1 Å². The molecule has 2 aromatic rings. The molecular weight excluding hydrogens is 430 g/mol. The number of rotatable bonds is 5. The molecule has 0 radical (unpaired) electrons. The number of carbonyl (C=O) groups excluding carboxylic acids is 2. The van der Waals surface area contributed by atoms with Crippen LogP contribution in [0.5, 0.6) is 0 Å². The van der Waals surface area contributed by atoms with Crippen LogP contribution in [0.25, 0.3) is 0 Å². The molecule has 0 bridgehead atoms. The first-order valence-electron chi connectivity index (χ1n) is 12.0. The average molecular weight is 462 g/mol. The fraction of sp³-hybridized carbons (Fsp3) is 0.440. The Bertz CT molecular complexity index is 1050. The lowest BCUT2D eigenvalue weighted by Crippen LogP contribution is -2.47. The molecule has 34 heavy (non-hydrogen) atoms. The number of fused-ring (bicyclic) bond motifs is 1. The molecule has 0 spiro atoms. The van der Waals surface area contributed by atoms with Crippen molar-refractivity contribution in [2.75, 3.05) is 44.6 Å². The van der Waals surface area contributed by atoms with Crippen molar-refractivity contribution in [3.05, 3.63) is 59.4 Å². The lowest BCUT2D eigenvalue weighted by molar-refractivity contribution is -0.132. The van der Waals surface area contributed by atoms with Crippen LogP contribution in [0, 0.1) is 5.92 Å². The Morgan fingerprint density at radius 1 is 1.09 bits per heavy atom. The van der Waals surface area contributed by atoms with Crippen LogP contribution in [0.4, 0.5) is 10.5 Å². The summed E-state index contributed by atoms with van der Waals surface area (Å²) < 4.78 is 0. The van der Waals surface area contributed by atoms with Gasteiger partial charge in [0.1, 0.15) is 0 Å². The van der Waals surface area contributed by atoms with Crippen LogP contribution in [0.2, 0.25) is 0 Å². The summed E-state index contributed by atoms with van der Waals surface area (Å²) in [6, 6.07) is 9.57. The SMILES string of the molecule is C[C@H]1CC(=O)N(CCN2CCNCC2)N=C1c1ccc(NC(=O)N2Cc3ccncc3C2)cc1. The van der Waals surface area contributed by atoms with E-state index in [1.165, 1.54) is 0 Å². The van der Waals surface area contributed by atoms with E-state index in [2.05, 4.69) is 20.5 Å². The van der Waals surface area contributed by atoms with Crippen molar-refractivity contribution in [3.8, 4) is 0 Å². The summed E-state index contributed by atoms with van der Waals surface area (Å²) in [7, 11) is 0. The molecule has 1 aromatic carbocycles. The second kappa shape index (κ2) is 9.90. The van der Waals surface area contributed by atoms with Crippen LogP contribution in [-0.2, 0) is 17.9 Å². The molecule has 3 aliphatic heterocycles. The minimum absolute atomic E-state index is 0.0556.